The molecule has 1 aliphatic rings. The molecule has 216 valence electrons. The molecule has 1 unspecified atom stereocenters. The third kappa shape index (κ3) is 11.9. The minimum atomic E-state index is -0.197. The molecule has 0 radical (unpaired) electrons. The predicted molar refractivity (Wildman–Crippen MR) is 161 cm³/mol. The molecule has 7 heteroatoms. The fourth-order valence-electron chi connectivity index (χ4n) is 4.78. The van der Waals surface area contributed by atoms with Crippen molar-refractivity contribution in [3.05, 3.63) is 29.8 Å². The number of unbranched alkanes of at least 4 members (excludes halogenated alkanes) is 12. The van der Waals surface area contributed by atoms with Crippen molar-refractivity contribution in [3.8, 4) is 17.2 Å². The Balaban J connectivity index is 1.51. The third-order valence-corrected chi connectivity index (χ3v) is 8.34. The van der Waals surface area contributed by atoms with Gasteiger partial charge in [-0.1, -0.05) is 76.9 Å². The first kappa shape index (κ1) is 32.4. The zero-order valence-corrected chi connectivity index (χ0v) is 25.1. The van der Waals surface area contributed by atoms with Crippen LogP contribution >= 0.6 is 11.8 Å². The van der Waals surface area contributed by atoms with Gasteiger partial charge >= 0.3 is 0 Å². The van der Waals surface area contributed by atoms with Crippen molar-refractivity contribution >= 4 is 17.7 Å². The molecule has 2 atom stereocenters. The molecule has 0 aromatic heterocycles. The van der Waals surface area contributed by atoms with Gasteiger partial charge < -0.3 is 19.5 Å². The van der Waals surface area contributed by atoms with Gasteiger partial charge in [0.05, 0.1) is 32.7 Å². The zero-order chi connectivity index (χ0) is 27.4. The number of carbonyl (C=O) groups is 1. The number of benzene rings is 1. The smallest absolute Gasteiger partial charge is 0.238 e. The molecular weight excluding hydrogens is 496 g/mol. The highest BCUT2D eigenvalue weighted by Gasteiger charge is 2.31. The fourth-order valence-corrected chi connectivity index (χ4v) is 6.00. The largest absolute Gasteiger partial charge is 0.493 e. The topological polar surface area (TPSA) is 68.8 Å². The van der Waals surface area contributed by atoms with Crippen molar-refractivity contribution in [1.82, 2.24) is 10.6 Å². The van der Waals surface area contributed by atoms with Crippen molar-refractivity contribution in [2.24, 2.45) is 0 Å². The van der Waals surface area contributed by atoms with Gasteiger partial charge in [0.25, 0.3) is 0 Å². The maximum absolute atomic E-state index is 12.7. The van der Waals surface area contributed by atoms with E-state index < -0.39 is 0 Å². The Bertz CT molecular complexity index is 792. The van der Waals surface area contributed by atoms with E-state index in [2.05, 4.69) is 29.7 Å². The van der Waals surface area contributed by atoms with E-state index >= 15 is 0 Å². The first-order chi connectivity index (χ1) is 18.6. The number of rotatable bonds is 21. The highest BCUT2D eigenvalue weighted by molar-refractivity contribution is 7.99. The summed E-state index contributed by atoms with van der Waals surface area (Å²) in [5, 5.41) is 6.56. The second-order valence-electron chi connectivity index (χ2n) is 10.1. The van der Waals surface area contributed by atoms with Crippen LogP contribution in [0.1, 0.15) is 108 Å². The highest BCUT2D eigenvalue weighted by Crippen LogP contribution is 2.43. The van der Waals surface area contributed by atoms with Gasteiger partial charge in [0.2, 0.25) is 11.7 Å². The Kier molecular flexibility index (Phi) is 17.1. The van der Waals surface area contributed by atoms with Crippen LogP contribution in [0, 0.1) is 0 Å². The molecule has 1 aliphatic heterocycles. The van der Waals surface area contributed by atoms with Crippen LogP contribution in [0.25, 0.3) is 0 Å². The van der Waals surface area contributed by atoms with Gasteiger partial charge in [0.15, 0.2) is 11.5 Å². The van der Waals surface area contributed by atoms with Gasteiger partial charge in [0.1, 0.15) is 0 Å². The van der Waals surface area contributed by atoms with Crippen molar-refractivity contribution in [2.45, 2.75) is 108 Å². The van der Waals surface area contributed by atoms with Crippen LogP contribution in [0.4, 0.5) is 0 Å². The molecule has 1 aromatic rings. The average molecular weight is 549 g/mol. The molecule has 1 fully saturated rings. The highest BCUT2D eigenvalue weighted by atomic mass is 32.2. The molecule has 0 bridgehead atoms. The van der Waals surface area contributed by atoms with Crippen LogP contribution in [-0.2, 0) is 4.79 Å². The maximum Gasteiger partial charge on any atom is 0.238 e. The summed E-state index contributed by atoms with van der Waals surface area (Å²) in [7, 11) is 4.82. The molecule has 2 N–H and O–H groups in total. The first-order valence-corrected chi connectivity index (χ1v) is 15.8. The van der Waals surface area contributed by atoms with Gasteiger partial charge in [-0.3, -0.25) is 10.1 Å². The van der Waals surface area contributed by atoms with Crippen LogP contribution in [0.15, 0.2) is 24.3 Å². The summed E-state index contributed by atoms with van der Waals surface area (Å²) >= 11 is 1.72. The Hall–Kier alpha value is -1.86. The predicted octanol–water partition coefficient (Wildman–Crippen LogP) is 7.57. The van der Waals surface area contributed by atoms with Gasteiger partial charge in [-0.05, 0) is 49.8 Å². The van der Waals surface area contributed by atoms with Crippen LogP contribution in [0.5, 0.6) is 17.2 Å². The van der Waals surface area contributed by atoms with Crippen molar-refractivity contribution in [1.29, 1.82) is 0 Å². The molecular formula is C31H52N2O4S. The molecule has 6 nitrogen and oxygen atoms in total. The van der Waals surface area contributed by atoms with E-state index in [-0.39, 0.29) is 17.3 Å². The van der Waals surface area contributed by atoms with Gasteiger partial charge in [-0.15, -0.1) is 11.8 Å². The second kappa shape index (κ2) is 20.1. The molecule has 1 aromatic carbocycles. The lowest BCUT2D eigenvalue weighted by Gasteiger charge is -2.18. The van der Waals surface area contributed by atoms with E-state index in [0.717, 1.165) is 24.3 Å². The van der Waals surface area contributed by atoms with Crippen LogP contribution in [0.2, 0.25) is 0 Å². The Labute approximate surface area is 236 Å². The summed E-state index contributed by atoms with van der Waals surface area (Å²) in [5.74, 6) is 2.64. The summed E-state index contributed by atoms with van der Waals surface area (Å²) in [6.45, 7) is 3.02. The van der Waals surface area contributed by atoms with E-state index in [1.165, 1.54) is 83.5 Å². The number of nitrogens with one attached hydrogen (secondary N) is 2. The standard InChI is InChI=1S/C31H52N2O4S/c1-5-6-7-8-9-10-11-12-13-14-15-16-17-18-19-20-21-32-30(34)26-24-38-31(33-26)25-22-27(35-2)29(37-4)28(23-25)36-3/h13-14,22-23,26,31,33H,5-12,15-21,24H2,1-4H3,(H,32,34)/b14-13-/t26-,31?/m0/s1. The number of amides is 1. The van der Waals surface area contributed by atoms with E-state index in [1.54, 1.807) is 33.1 Å². The minimum absolute atomic E-state index is 0.00375. The quantitative estimate of drug-likeness (QED) is 0.122. The molecule has 0 spiro atoms. The lowest BCUT2D eigenvalue weighted by molar-refractivity contribution is -0.122. The summed E-state index contributed by atoms with van der Waals surface area (Å²) in [5.41, 5.74) is 1.01. The SMILES string of the molecule is CCCCCCCCC/C=C\CCCCCCCNC(=O)[C@@H]1CSC(c2cc(OC)c(OC)c(OC)c2)N1. The van der Waals surface area contributed by atoms with E-state index in [9.17, 15) is 4.79 Å². The minimum Gasteiger partial charge on any atom is -0.493 e. The van der Waals surface area contributed by atoms with Crippen LogP contribution in [0.3, 0.4) is 0 Å². The Morgan fingerprint density at radius 1 is 0.868 bits per heavy atom. The Morgan fingerprint density at radius 2 is 1.42 bits per heavy atom. The molecule has 0 aliphatic carbocycles. The number of allylic oxidation sites excluding steroid dienone is 2. The summed E-state index contributed by atoms with van der Waals surface area (Å²) < 4.78 is 16.4. The lowest BCUT2D eigenvalue weighted by Crippen LogP contribution is -2.42. The van der Waals surface area contributed by atoms with Crippen molar-refractivity contribution in [3.63, 3.8) is 0 Å². The number of methoxy groups -OCH3 is 3. The molecule has 1 amide bonds. The maximum atomic E-state index is 12.7. The van der Waals surface area contributed by atoms with Gasteiger partial charge in [0, 0.05) is 12.3 Å². The second-order valence-corrected chi connectivity index (χ2v) is 11.3. The summed E-state index contributed by atoms with van der Waals surface area (Å²) in [4.78, 5) is 12.7. The average Bonchev–Trinajstić information content (AvgIpc) is 3.44. The summed E-state index contributed by atoms with van der Waals surface area (Å²) in [6.07, 6.45) is 22.9. The van der Waals surface area contributed by atoms with E-state index in [4.69, 9.17) is 14.2 Å². The monoisotopic (exact) mass is 548 g/mol. The number of thioether (sulfide) groups is 1. The third-order valence-electron chi connectivity index (χ3n) is 7.08. The number of carbonyl (C=O) groups excluding carboxylic acids is 1. The molecule has 1 heterocycles. The normalized spacial score (nSPS) is 17.2. The number of hydrogen-bond acceptors (Lipinski definition) is 6. The van der Waals surface area contributed by atoms with Gasteiger partial charge in [-0.2, -0.15) is 0 Å². The fraction of sp³-hybridized carbons (Fsp3) is 0.710. The number of ether oxygens (including phenoxy) is 3. The molecule has 1 saturated heterocycles. The van der Waals surface area contributed by atoms with Crippen molar-refractivity contribution < 1.29 is 19.0 Å². The lowest BCUT2D eigenvalue weighted by atomic mass is 10.1. The van der Waals surface area contributed by atoms with E-state index in [0.29, 0.717) is 17.2 Å². The first-order valence-electron chi connectivity index (χ1n) is 14.7. The molecule has 0 saturated carbocycles. The van der Waals surface area contributed by atoms with Crippen LogP contribution < -0.4 is 24.8 Å². The molecule has 2 rings (SSSR count). The summed E-state index contributed by atoms with van der Waals surface area (Å²) in [6, 6.07) is 3.69. The van der Waals surface area contributed by atoms with Gasteiger partial charge in [-0.25, -0.2) is 0 Å². The zero-order valence-electron chi connectivity index (χ0n) is 24.3. The molecule has 38 heavy (non-hydrogen) atoms. The van der Waals surface area contributed by atoms with E-state index in [1.807, 2.05) is 12.1 Å². The van der Waals surface area contributed by atoms with Crippen LogP contribution in [-0.4, -0.2) is 45.6 Å². The number of hydrogen-bond donors (Lipinski definition) is 2. The Morgan fingerprint density at radius 3 is 1.97 bits per heavy atom. The van der Waals surface area contributed by atoms with Crippen molar-refractivity contribution in [2.75, 3.05) is 33.6 Å².